The molecule has 0 aromatic heterocycles. The van der Waals surface area contributed by atoms with E-state index in [1.165, 1.54) is 5.56 Å². The van der Waals surface area contributed by atoms with Crippen molar-refractivity contribution in [2.75, 3.05) is 26.6 Å². The van der Waals surface area contributed by atoms with E-state index in [2.05, 4.69) is 50.4 Å². The lowest BCUT2D eigenvalue weighted by atomic mass is 9.68. The third kappa shape index (κ3) is 3.56. The Kier molecular flexibility index (Phi) is 5.46. The summed E-state index contributed by atoms with van der Waals surface area (Å²) < 4.78 is 17.1. The monoisotopic (exact) mass is 421 g/mol. The minimum Gasteiger partial charge on any atom is -0.493 e. The first-order valence-corrected chi connectivity index (χ1v) is 10.8. The van der Waals surface area contributed by atoms with Gasteiger partial charge >= 0.3 is 0 Å². The number of anilines is 1. The number of aryl methyl sites for hydroxylation is 1. The van der Waals surface area contributed by atoms with Crippen LogP contribution in [-0.2, 0) is 11.2 Å². The zero-order valence-electron chi connectivity index (χ0n) is 19.2. The molecule has 0 fully saturated rings. The zero-order valence-corrected chi connectivity index (χ0v) is 19.2. The van der Waals surface area contributed by atoms with Gasteiger partial charge in [0.15, 0.2) is 17.3 Å². The van der Waals surface area contributed by atoms with Gasteiger partial charge in [-0.15, -0.1) is 0 Å². The highest BCUT2D eigenvalue weighted by molar-refractivity contribution is 6.02. The summed E-state index contributed by atoms with van der Waals surface area (Å²) in [4.78, 5) is 13.4. The number of nitrogens with one attached hydrogen (secondary N) is 1. The fourth-order valence-corrected chi connectivity index (χ4v) is 4.94. The lowest BCUT2D eigenvalue weighted by molar-refractivity contribution is -0.118. The number of carbonyl (C=O) groups is 1. The molecule has 0 saturated carbocycles. The van der Waals surface area contributed by atoms with Gasteiger partial charge < -0.3 is 19.5 Å². The van der Waals surface area contributed by atoms with Gasteiger partial charge in [-0.25, -0.2) is 0 Å². The van der Waals surface area contributed by atoms with Crippen LogP contribution in [0.4, 0.5) is 5.69 Å². The molecular formula is C26H31NO4. The van der Waals surface area contributed by atoms with Gasteiger partial charge in [0.1, 0.15) is 0 Å². The minimum absolute atomic E-state index is 0.0856. The summed E-state index contributed by atoms with van der Waals surface area (Å²) in [5.74, 6) is 1.68. The molecule has 1 heterocycles. The van der Waals surface area contributed by atoms with Gasteiger partial charge in [-0.05, 0) is 29.4 Å². The van der Waals surface area contributed by atoms with E-state index in [0.717, 1.165) is 40.9 Å². The highest BCUT2D eigenvalue weighted by Crippen LogP contribution is 2.55. The van der Waals surface area contributed by atoms with Crippen LogP contribution in [0.25, 0.3) is 0 Å². The van der Waals surface area contributed by atoms with Crippen LogP contribution in [0.5, 0.6) is 17.2 Å². The fourth-order valence-electron chi connectivity index (χ4n) is 4.94. The average Bonchev–Trinajstić information content (AvgIpc) is 2.75. The van der Waals surface area contributed by atoms with E-state index < -0.39 is 0 Å². The number of benzene rings is 2. The summed E-state index contributed by atoms with van der Waals surface area (Å²) >= 11 is 0. The highest BCUT2D eigenvalue weighted by atomic mass is 16.5. The van der Waals surface area contributed by atoms with Gasteiger partial charge in [0.05, 0.1) is 27.0 Å². The van der Waals surface area contributed by atoms with Gasteiger partial charge in [0.25, 0.3) is 0 Å². The number of ketones is 1. The molecule has 0 saturated heterocycles. The van der Waals surface area contributed by atoms with Gasteiger partial charge in [0.2, 0.25) is 5.75 Å². The quantitative estimate of drug-likeness (QED) is 0.693. The number of Topliss-reactive ketones (excluding diaryl/α,β-unsaturated/α-hetero) is 1. The number of allylic oxidation sites excluding steroid dienone is 2. The molecule has 1 unspecified atom stereocenters. The summed E-state index contributed by atoms with van der Waals surface area (Å²) in [5.41, 5.74) is 5.89. The molecule has 5 heteroatoms. The van der Waals surface area contributed by atoms with Crippen LogP contribution in [0.15, 0.2) is 41.6 Å². The zero-order chi connectivity index (χ0) is 22.3. The molecule has 0 amide bonds. The molecule has 2 aromatic rings. The van der Waals surface area contributed by atoms with E-state index in [0.29, 0.717) is 23.7 Å². The second-order valence-electron chi connectivity index (χ2n) is 9.09. The summed E-state index contributed by atoms with van der Waals surface area (Å²) in [6.45, 7) is 6.43. The molecule has 1 aliphatic heterocycles. The first kappa shape index (κ1) is 21.3. The summed E-state index contributed by atoms with van der Waals surface area (Å²) in [6.07, 6.45) is 2.31. The molecule has 1 atom stereocenters. The van der Waals surface area contributed by atoms with Crippen molar-refractivity contribution in [1.82, 2.24) is 0 Å². The second kappa shape index (κ2) is 7.95. The lowest BCUT2D eigenvalue weighted by Crippen LogP contribution is -2.34. The Bertz CT molecular complexity index is 1050. The van der Waals surface area contributed by atoms with Crippen LogP contribution in [0.3, 0.4) is 0 Å². The Morgan fingerprint density at radius 2 is 1.68 bits per heavy atom. The number of carbonyl (C=O) groups excluding carboxylic acids is 1. The third-order valence-electron chi connectivity index (χ3n) is 6.37. The van der Waals surface area contributed by atoms with Crippen LogP contribution >= 0.6 is 0 Å². The van der Waals surface area contributed by atoms with Crippen molar-refractivity contribution < 1.29 is 19.0 Å². The van der Waals surface area contributed by atoms with E-state index in [4.69, 9.17) is 14.2 Å². The molecule has 31 heavy (non-hydrogen) atoms. The van der Waals surface area contributed by atoms with Crippen LogP contribution in [0.2, 0.25) is 0 Å². The van der Waals surface area contributed by atoms with Gasteiger partial charge in [0, 0.05) is 35.2 Å². The molecule has 2 aromatic carbocycles. The van der Waals surface area contributed by atoms with Crippen molar-refractivity contribution in [2.24, 2.45) is 5.41 Å². The van der Waals surface area contributed by atoms with Gasteiger partial charge in [-0.3, -0.25) is 4.79 Å². The molecule has 4 rings (SSSR count). The average molecular weight is 422 g/mol. The van der Waals surface area contributed by atoms with Crippen molar-refractivity contribution in [2.45, 2.75) is 46.0 Å². The topological polar surface area (TPSA) is 56.8 Å². The van der Waals surface area contributed by atoms with Crippen molar-refractivity contribution in [3.05, 3.63) is 58.3 Å². The van der Waals surface area contributed by atoms with E-state index >= 15 is 0 Å². The highest BCUT2D eigenvalue weighted by Gasteiger charge is 2.43. The van der Waals surface area contributed by atoms with Crippen LogP contribution < -0.4 is 19.5 Å². The first-order chi connectivity index (χ1) is 14.8. The normalized spacial score (nSPS) is 19.3. The standard InChI is InChI=1S/C26H31NO4/c1-7-15-8-10-16(11-9-15)21-22-18(13-26(2,3)14-19(22)28)27-17-12-20(29-4)24(30-5)25(31-6)23(17)21/h8-12,21,27H,7,13-14H2,1-6H3. The van der Waals surface area contributed by atoms with Crippen molar-refractivity contribution in [3.8, 4) is 17.2 Å². The minimum atomic E-state index is -0.226. The number of hydrogen-bond acceptors (Lipinski definition) is 5. The number of rotatable bonds is 5. The fraction of sp³-hybridized carbons (Fsp3) is 0.423. The smallest absolute Gasteiger partial charge is 0.203 e. The third-order valence-corrected chi connectivity index (χ3v) is 6.37. The van der Waals surface area contributed by atoms with E-state index in [1.54, 1.807) is 21.3 Å². The Balaban J connectivity index is 2.01. The van der Waals surface area contributed by atoms with Crippen LogP contribution in [-0.4, -0.2) is 27.1 Å². The molecule has 2 aliphatic rings. The SMILES string of the molecule is CCc1ccc(C2C3=C(CC(C)(C)CC3=O)Nc3cc(OC)c(OC)c(OC)c32)cc1. The Morgan fingerprint density at radius 3 is 2.26 bits per heavy atom. The summed E-state index contributed by atoms with van der Waals surface area (Å²) in [5, 5.41) is 3.55. The Labute approximate surface area is 184 Å². The lowest BCUT2D eigenvalue weighted by Gasteiger charge is -2.40. The predicted molar refractivity (Wildman–Crippen MR) is 122 cm³/mol. The number of hydrogen-bond donors (Lipinski definition) is 1. The molecule has 0 radical (unpaired) electrons. The predicted octanol–water partition coefficient (Wildman–Crippen LogP) is 5.48. The molecule has 0 bridgehead atoms. The van der Waals surface area contributed by atoms with E-state index in [1.807, 2.05) is 6.07 Å². The molecular weight excluding hydrogens is 390 g/mol. The summed E-state index contributed by atoms with van der Waals surface area (Å²) in [6, 6.07) is 10.5. The molecule has 164 valence electrons. The molecule has 1 aliphatic carbocycles. The molecule has 1 N–H and O–H groups in total. The van der Waals surface area contributed by atoms with Crippen molar-refractivity contribution in [3.63, 3.8) is 0 Å². The largest absolute Gasteiger partial charge is 0.493 e. The van der Waals surface area contributed by atoms with Gasteiger partial charge in [-0.1, -0.05) is 45.0 Å². The second-order valence-corrected chi connectivity index (χ2v) is 9.09. The molecule has 0 spiro atoms. The van der Waals surface area contributed by atoms with Crippen LogP contribution in [0.1, 0.15) is 56.2 Å². The maximum atomic E-state index is 13.4. The maximum Gasteiger partial charge on any atom is 0.203 e. The summed E-state index contributed by atoms with van der Waals surface area (Å²) in [7, 11) is 4.85. The van der Waals surface area contributed by atoms with Crippen molar-refractivity contribution in [1.29, 1.82) is 0 Å². The molecule has 5 nitrogen and oxygen atoms in total. The van der Waals surface area contributed by atoms with E-state index in [9.17, 15) is 4.79 Å². The number of methoxy groups -OCH3 is 3. The van der Waals surface area contributed by atoms with Crippen LogP contribution in [0, 0.1) is 5.41 Å². The first-order valence-electron chi connectivity index (χ1n) is 10.8. The Hall–Kier alpha value is -2.95. The number of ether oxygens (including phenoxy) is 3. The van der Waals surface area contributed by atoms with E-state index in [-0.39, 0.29) is 17.1 Å². The van der Waals surface area contributed by atoms with Crippen molar-refractivity contribution >= 4 is 11.5 Å². The Morgan fingerprint density at radius 1 is 1.00 bits per heavy atom. The number of fused-ring (bicyclic) bond motifs is 1. The van der Waals surface area contributed by atoms with Gasteiger partial charge in [-0.2, -0.15) is 0 Å². The maximum absolute atomic E-state index is 13.4.